The molecule has 3 amide bonds. The second-order valence-corrected chi connectivity index (χ2v) is 9.59. The standard InChI is InChI=1S/C31H32FN5O5/c32-27-9-5-4-8-24(27)14-15-34-29(38)19-37(30(39)28(36-31(40)41)16-25-17-33-21-35-25)18-22-10-12-26(13-11-22)42-20-23-6-2-1-3-7-23/h1-13,17,21,28,36H,14-16,18-20H2,(H,33,35)(H,34,38)(H,40,41). The molecule has 0 aliphatic heterocycles. The molecular weight excluding hydrogens is 541 g/mol. The zero-order valence-electron chi connectivity index (χ0n) is 22.8. The number of hydrogen-bond donors (Lipinski definition) is 4. The van der Waals surface area contributed by atoms with Gasteiger partial charge in [-0.05, 0) is 41.3 Å². The number of rotatable bonds is 14. The van der Waals surface area contributed by atoms with Gasteiger partial charge >= 0.3 is 6.09 Å². The Morgan fingerprint density at radius 1 is 0.976 bits per heavy atom. The molecule has 1 aromatic heterocycles. The Bertz CT molecular complexity index is 1450. The number of H-pyrrole nitrogens is 1. The molecule has 4 rings (SSSR count). The summed E-state index contributed by atoms with van der Waals surface area (Å²) in [6.45, 7) is 0.274. The van der Waals surface area contributed by atoms with Crippen LogP contribution in [0, 0.1) is 5.82 Å². The maximum absolute atomic E-state index is 13.9. The van der Waals surface area contributed by atoms with Gasteiger partial charge in [0.25, 0.3) is 0 Å². The fourth-order valence-electron chi connectivity index (χ4n) is 4.32. The normalized spacial score (nSPS) is 11.4. The van der Waals surface area contributed by atoms with Crippen LogP contribution in [-0.4, -0.2) is 57.0 Å². The van der Waals surface area contributed by atoms with E-state index in [0.29, 0.717) is 29.2 Å². The van der Waals surface area contributed by atoms with Gasteiger partial charge in [0.05, 0.1) is 12.9 Å². The minimum Gasteiger partial charge on any atom is -0.489 e. The highest BCUT2D eigenvalue weighted by Crippen LogP contribution is 2.17. The molecule has 0 fully saturated rings. The number of amides is 3. The Labute approximate surface area is 242 Å². The smallest absolute Gasteiger partial charge is 0.405 e. The molecule has 0 saturated carbocycles. The van der Waals surface area contributed by atoms with E-state index in [1.165, 1.54) is 23.5 Å². The van der Waals surface area contributed by atoms with Gasteiger partial charge in [-0.3, -0.25) is 9.59 Å². The van der Waals surface area contributed by atoms with Crippen molar-refractivity contribution in [1.82, 2.24) is 25.5 Å². The molecule has 3 aromatic carbocycles. The molecule has 11 heteroatoms. The Balaban J connectivity index is 1.44. The van der Waals surface area contributed by atoms with Gasteiger partial charge in [0.2, 0.25) is 11.8 Å². The first kappa shape index (κ1) is 29.8. The number of carbonyl (C=O) groups excluding carboxylic acids is 2. The van der Waals surface area contributed by atoms with Gasteiger partial charge < -0.3 is 30.4 Å². The number of nitrogens with one attached hydrogen (secondary N) is 3. The molecule has 4 aromatic rings. The van der Waals surface area contributed by atoms with Gasteiger partial charge in [0.15, 0.2) is 0 Å². The summed E-state index contributed by atoms with van der Waals surface area (Å²) < 4.78 is 19.8. The summed E-state index contributed by atoms with van der Waals surface area (Å²) in [7, 11) is 0. The molecule has 0 bridgehead atoms. The number of benzene rings is 3. The number of carbonyl (C=O) groups is 3. The number of nitrogens with zero attached hydrogens (tertiary/aromatic N) is 2. The fraction of sp³-hybridized carbons (Fsp3) is 0.226. The van der Waals surface area contributed by atoms with Gasteiger partial charge in [0, 0.05) is 31.4 Å². The topological polar surface area (TPSA) is 137 Å². The highest BCUT2D eigenvalue weighted by atomic mass is 19.1. The number of imidazole rings is 1. The van der Waals surface area contributed by atoms with E-state index in [2.05, 4.69) is 20.6 Å². The van der Waals surface area contributed by atoms with Crippen LogP contribution in [0.5, 0.6) is 5.75 Å². The number of halogens is 1. The van der Waals surface area contributed by atoms with Crippen LogP contribution in [-0.2, 0) is 35.6 Å². The fourth-order valence-corrected chi connectivity index (χ4v) is 4.32. The van der Waals surface area contributed by atoms with Crippen molar-refractivity contribution in [1.29, 1.82) is 0 Å². The predicted octanol–water partition coefficient (Wildman–Crippen LogP) is 3.69. The summed E-state index contributed by atoms with van der Waals surface area (Å²) in [6, 6.07) is 22.0. The number of ether oxygens (including phenoxy) is 1. The van der Waals surface area contributed by atoms with Gasteiger partial charge in [0.1, 0.15) is 24.2 Å². The average molecular weight is 574 g/mol. The molecular formula is C31H32FN5O5. The Morgan fingerprint density at radius 3 is 2.40 bits per heavy atom. The first-order chi connectivity index (χ1) is 20.4. The Hall–Kier alpha value is -5.19. The maximum Gasteiger partial charge on any atom is 0.405 e. The van der Waals surface area contributed by atoms with Crippen molar-refractivity contribution in [3.8, 4) is 5.75 Å². The van der Waals surface area contributed by atoms with Crippen LogP contribution in [0.2, 0.25) is 0 Å². The summed E-state index contributed by atoms with van der Waals surface area (Å²) in [6.07, 6.45) is 1.85. The molecule has 1 unspecified atom stereocenters. The summed E-state index contributed by atoms with van der Waals surface area (Å²) in [5.41, 5.74) is 2.75. The minimum atomic E-state index is -1.37. The van der Waals surface area contributed by atoms with Crippen molar-refractivity contribution in [2.75, 3.05) is 13.1 Å². The van der Waals surface area contributed by atoms with E-state index in [9.17, 15) is 23.9 Å². The van der Waals surface area contributed by atoms with Crippen molar-refractivity contribution in [3.05, 3.63) is 120 Å². The van der Waals surface area contributed by atoms with E-state index in [1.54, 1.807) is 42.5 Å². The Morgan fingerprint density at radius 2 is 1.71 bits per heavy atom. The van der Waals surface area contributed by atoms with Crippen LogP contribution >= 0.6 is 0 Å². The van der Waals surface area contributed by atoms with Crippen LogP contribution < -0.4 is 15.4 Å². The lowest BCUT2D eigenvalue weighted by atomic mass is 10.1. The second kappa shape index (κ2) is 15.0. The van der Waals surface area contributed by atoms with Crippen LogP contribution in [0.15, 0.2) is 91.4 Å². The largest absolute Gasteiger partial charge is 0.489 e. The van der Waals surface area contributed by atoms with E-state index in [1.807, 2.05) is 30.3 Å². The minimum absolute atomic E-state index is 0.0167. The van der Waals surface area contributed by atoms with E-state index in [-0.39, 0.29) is 38.3 Å². The van der Waals surface area contributed by atoms with E-state index in [4.69, 9.17) is 4.74 Å². The zero-order valence-corrected chi connectivity index (χ0v) is 22.8. The zero-order chi connectivity index (χ0) is 29.7. The number of hydrogen-bond acceptors (Lipinski definition) is 5. The quantitative estimate of drug-likeness (QED) is 0.182. The lowest BCUT2D eigenvalue weighted by Gasteiger charge is -2.27. The highest BCUT2D eigenvalue weighted by Gasteiger charge is 2.28. The number of aromatic amines is 1. The van der Waals surface area contributed by atoms with Gasteiger partial charge in [-0.2, -0.15) is 0 Å². The molecule has 0 saturated heterocycles. The van der Waals surface area contributed by atoms with Crippen molar-refractivity contribution in [2.45, 2.75) is 32.0 Å². The molecule has 0 spiro atoms. The van der Waals surface area contributed by atoms with E-state index in [0.717, 1.165) is 5.56 Å². The van der Waals surface area contributed by atoms with Crippen LogP contribution in [0.25, 0.3) is 0 Å². The molecule has 1 heterocycles. The molecule has 10 nitrogen and oxygen atoms in total. The average Bonchev–Trinajstić information content (AvgIpc) is 3.50. The van der Waals surface area contributed by atoms with Crippen molar-refractivity contribution in [2.24, 2.45) is 0 Å². The molecule has 4 N–H and O–H groups in total. The first-order valence-electron chi connectivity index (χ1n) is 13.4. The van der Waals surface area contributed by atoms with Crippen LogP contribution in [0.3, 0.4) is 0 Å². The SMILES string of the molecule is O=C(O)NC(Cc1cnc[nH]1)C(=O)N(CC(=O)NCCc1ccccc1F)Cc1ccc(OCc2ccccc2)cc1. The number of carboxylic acid groups (broad SMARTS) is 1. The van der Waals surface area contributed by atoms with Crippen molar-refractivity contribution < 1.29 is 28.6 Å². The second-order valence-electron chi connectivity index (χ2n) is 9.59. The molecule has 218 valence electrons. The third-order valence-electron chi connectivity index (χ3n) is 6.44. The maximum atomic E-state index is 13.9. The lowest BCUT2D eigenvalue weighted by molar-refractivity contribution is -0.138. The summed E-state index contributed by atoms with van der Waals surface area (Å²) >= 11 is 0. The highest BCUT2D eigenvalue weighted by molar-refractivity contribution is 5.89. The van der Waals surface area contributed by atoms with Gasteiger partial charge in [-0.15, -0.1) is 0 Å². The lowest BCUT2D eigenvalue weighted by Crippen LogP contribution is -2.51. The van der Waals surface area contributed by atoms with Gasteiger partial charge in [-0.25, -0.2) is 14.2 Å². The van der Waals surface area contributed by atoms with Gasteiger partial charge in [-0.1, -0.05) is 60.7 Å². The number of aromatic nitrogens is 2. The van der Waals surface area contributed by atoms with Crippen molar-refractivity contribution in [3.63, 3.8) is 0 Å². The van der Waals surface area contributed by atoms with E-state index >= 15 is 0 Å². The monoisotopic (exact) mass is 573 g/mol. The Kier molecular flexibility index (Phi) is 10.6. The molecule has 0 aliphatic carbocycles. The van der Waals surface area contributed by atoms with Crippen molar-refractivity contribution >= 4 is 17.9 Å². The predicted molar refractivity (Wildman–Crippen MR) is 153 cm³/mol. The first-order valence-corrected chi connectivity index (χ1v) is 13.4. The van der Waals surface area contributed by atoms with E-state index < -0.39 is 23.9 Å². The molecule has 1 atom stereocenters. The van der Waals surface area contributed by atoms with Crippen LogP contribution in [0.4, 0.5) is 9.18 Å². The summed E-state index contributed by atoms with van der Waals surface area (Å²) in [5, 5.41) is 14.4. The molecule has 0 radical (unpaired) electrons. The molecule has 42 heavy (non-hydrogen) atoms. The third kappa shape index (κ3) is 9.19. The summed E-state index contributed by atoms with van der Waals surface area (Å²) in [4.78, 5) is 46.1. The van der Waals surface area contributed by atoms with Crippen LogP contribution in [0.1, 0.15) is 22.4 Å². The summed E-state index contributed by atoms with van der Waals surface area (Å²) in [5.74, 6) is -0.768. The third-order valence-corrected chi connectivity index (χ3v) is 6.44. The molecule has 0 aliphatic rings.